The number of carbonyl (C=O) groups excluding carboxylic acids is 1. The lowest BCUT2D eigenvalue weighted by Crippen LogP contribution is -2.13. The summed E-state index contributed by atoms with van der Waals surface area (Å²) in [5, 5.41) is 5.10. The summed E-state index contributed by atoms with van der Waals surface area (Å²) in [4.78, 5) is 16.7. The standard InChI is InChI=1S/C18H15FN2OS/c1-11-5-3-8-15(12(11)2)17(22)21-18-20-16(10-23-18)13-6-4-7-14(19)9-13/h3-10H,1-2H3,(H,20,21,22). The molecule has 5 heteroatoms. The van der Waals surface area contributed by atoms with Crippen molar-refractivity contribution in [1.82, 2.24) is 4.98 Å². The number of thiazole rings is 1. The molecule has 1 aromatic heterocycles. The van der Waals surface area contributed by atoms with E-state index >= 15 is 0 Å². The lowest BCUT2D eigenvalue weighted by Gasteiger charge is -2.07. The summed E-state index contributed by atoms with van der Waals surface area (Å²) in [6.45, 7) is 3.89. The molecule has 116 valence electrons. The number of halogens is 1. The van der Waals surface area contributed by atoms with E-state index in [9.17, 15) is 9.18 Å². The van der Waals surface area contributed by atoms with Crippen molar-refractivity contribution in [2.75, 3.05) is 5.32 Å². The zero-order chi connectivity index (χ0) is 16.4. The van der Waals surface area contributed by atoms with Crippen LogP contribution in [-0.2, 0) is 0 Å². The third-order valence-electron chi connectivity index (χ3n) is 3.69. The van der Waals surface area contributed by atoms with E-state index in [1.807, 2.05) is 26.0 Å². The first kappa shape index (κ1) is 15.4. The Morgan fingerprint density at radius 3 is 2.74 bits per heavy atom. The second-order valence-corrected chi connectivity index (χ2v) is 6.11. The summed E-state index contributed by atoms with van der Waals surface area (Å²) in [6.07, 6.45) is 0. The predicted octanol–water partition coefficient (Wildman–Crippen LogP) is 4.82. The predicted molar refractivity (Wildman–Crippen MR) is 91.4 cm³/mol. The molecule has 0 saturated carbocycles. The van der Waals surface area contributed by atoms with Crippen LogP contribution in [0.4, 0.5) is 9.52 Å². The van der Waals surface area contributed by atoms with Gasteiger partial charge in [-0.05, 0) is 43.2 Å². The molecule has 2 aromatic carbocycles. The van der Waals surface area contributed by atoms with Crippen LogP contribution in [0.2, 0.25) is 0 Å². The molecule has 0 radical (unpaired) electrons. The van der Waals surface area contributed by atoms with Crippen molar-refractivity contribution in [3.8, 4) is 11.3 Å². The van der Waals surface area contributed by atoms with Crippen LogP contribution < -0.4 is 5.32 Å². The lowest BCUT2D eigenvalue weighted by atomic mass is 10.0. The van der Waals surface area contributed by atoms with Gasteiger partial charge in [0.05, 0.1) is 5.69 Å². The van der Waals surface area contributed by atoms with E-state index in [0.29, 0.717) is 22.0 Å². The van der Waals surface area contributed by atoms with Gasteiger partial charge in [-0.15, -0.1) is 11.3 Å². The van der Waals surface area contributed by atoms with Crippen molar-refractivity contribution in [1.29, 1.82) is 0 Å². The Bertz CT molecular complexity index is 873. The molecule has 3 nitrogen and oxygen atoms in total. The highest BCUT2D eigenvalue weighted by Gasteiger charge is 2.13. The highest BCUT2D eigenvalue weighted by molar-refractivity contribution is 7.14. The average Bonchev–Trinajstić information content (AvgIpc) is 2.98. The maximum atomic E-state index is 13.3. The average molecular weight is 326 g/mol. The maximum Gasteiger partial charge on any atom is 0.257 e. The largest absolute Gasteiger partial charge is 0.298 e. The van der Waals surface area contributed by atoms with E-state index in [-0.39, 0.29) is 11.7 Å². The fraction of sp³-hybridized carbons (Fsp3) is 0.111. The number of rotatable bonds is 3. The van der Waals surface area contributed by atoms with Crippen molar-refractivity contribution in [3.63, 3.8) is 0 Å². The molecule has 3 rings (SSSR count). The van der Waals surface area contributed by atoms with Crippen molar-refractivity contribution in [2.45, 2.75) is 13.8 Å². The molecule has 1 heterocycles. The van der Waals surface area contributed by atoms with Gasteiger partial charge in [0, 0.05) is 16.5 Å². The molecular weight excluding hydrogens is 311 g/mol. The molecule has 0 atom stereocenters. The Hall–Kier alpha value is -2.53. The fourth-order valence-electron chi connectivity index (χ4n) is 2.27. The van der Waals surface area contributed by atoms with Gasteiger partial charge in [-0.2, -0.15) is 0 Å². The second-order valence-electron chi connectivity index (χ2n) is 5.25. The third kappa shape index (κ3) is 3.29. The first-order valence-electron chi connectivity index (χ1n) is 7.13. The van der Waals surface area contributed by atoms with E-state index in [1.54, 1.807) is 23.6 Å². The monoisotopic (exact) mass is 326 g/mol. The number of anilines is 1. The van der Waals surface area contributed by atoms with Crippen LogP contribution >= 0.6 is 11.3 Å². The third-order valence-corrected chi connectivity index (χ3v) is 4.45. The maximum absolute atomic E-state index is 13.3. The van der Waals surface area contributed by atoms with Crippen molar-refractivity contribution < 1.29 is 9.18 Å². The molecule has 0 bridgehead atoms. The number of hydrogen-bond acceptors (Lipinski definition) is 3. The zero-order valence-corrected chi connectivity index (χ0v) is 13.6. The van der Waals surface area contributed by atoms with E-state index in [2.05, 4.69) is 10.3 Å². The number of aromatic nitrogens is 1. The minimum atomic E-state index is -0.309. The Morgan fingerprint density at radius 2 is 1.96 bits per heavy atom. The molecule has 0 aliphatic carbocycles. The van der Waals surface area contributed by atoms with Crippen molar-refractivity contribution >= 4 is 22.4 Å². The zero-order valence-electron chi connectivity index (χ0n) is 12.8. The Morgan fingerprint density at radius 1 is 1.17 bits per heavy atom. The molecule has 0 unspecified atom stereocenters. The number of aryl methyl sites for hydroxylation is 1. The topological polar surface area (TPSA) is 42.0 Å². The molecule has 0 saturated heterocycles. The van der Waals surface area contributed by atoms with Crippen LogP contribution in [0.25, 0.3) is 11.3 Å². The first-order chi connectivity index (χ1) is 11.0. The summed E-state index contributed by atoms with van der Waals surface area (Å²) in [7, 11) is 0. The summed E-state index contributed by atoms with van der Waals surface area (Å²) in [6, 6.07) is 11.9. The summed E-state index contributed by atoms with van der Waals surface area (Å²) in [5.74, 6) is -0.497. The van der Waals surface area contributed by atoms with E-state index < -0.39 is 0 Å². The van der Waals surface area contributed by atoms with Gasteiger partial charge in [0.15, 0.2) is 5.13 Å². The smallest absolute Gasteiger partial charge is 0.257 e. The van der Waals surface area contributed by atoms with Gasteiger partial charge in [-0.3, -0.25) is 10.1 Å². The molecule has 0 aliphatic heterocycles. The summed E-state index contributed by atoms with van der Waals surface area (Å²) < 4.78 is 13.3. The summed E-state index contributed by atoms with van der Waals surface area (Å²) in [5.41, 5.74) is 3.98. The Labute approximate surface area is 137 Å². The van der Waals surface area contributed by atoms with Gasteiger partial charge in [0.25, 0.3) is 5.91 Å². The number of benzene rings is 2. The second kappa shape index (κ2) is 6.30. The van der Waals surface area contributed by atoms with Crippen LogP contribution in [-0.4, -0.2) is 10.9 Å². The fourth-order valence-corrected chi connectivity index (χ4v) is 2.99. The van der Waals surface area contributed by atoms with Gasteiger partial charge < -0.3 is 0 Å². The van der Waals surface area contributed by atoms with E-state index in [1.165, 1.54) is 23.5 Å². The quantitative estimate of drug-likeness (QED) is 0.750. The molecule has 0 fully saturated rings. The molecule has 1 amide bonds. The SMILES string of the molecule is Cc1cccc(C(=O)Nc2nc(-c3cccc(F)c3)cs2)c1C. The minimum Gasteiger partial charge on any atom is -0.298 e. The summed E-state index contributed by atoms with van der Waals surface area (Å²) >= 11 is 1.32. The van der Waals surface area contributed by atoms with Gasteiger partial charge in [-0.25, -0.2) is 9.37 Å². The van der Waals surface area contributed by atoms with Crippen molar-refractivity contribution in [3.05, 3.63) is 70.4 Å². The van der Waals surface area contributed by atoms with Crippen LogP contribution in [0.15, 0.2) is 47.8 Å². The molecule has 0 aliphatic rings. The molecular formula is C18H15FN2OS. The first-order valence-corrected chi connectivity index (χ1v) is 8.01. The number of nitrogens with one attached hydrogen (secondary N) is 1. The lowest BCUT2D eigenvalue weighted by molar-refractivity contribution is 0.102. The number of amides is 1. The Kier molecular flexibility index (Phi) is 4.21. The van der Waals surface area contributed by atoms with E-state index in [0.717, 1.165) is 11.1 Å². The van der Waals surface area contributed by atoms with Gasteiger partial charge in [-0.1, -0.05) is 24.3 Å². The van der Waals surface area contributed by atoms with Gasteiger partial charge in [0.1, 0.15) is 5.82 Å². The number of carbonyl (C=O) groups is 1. The number of hydrogen-bond donors (Lipinski definition) is 1. The van der Waals surface area contributed by atoms with E-state index in [4.69, 9.17) is 0 Å². The molecule has 1 N–H and O–H groups in total. The molecule has 3 aromatic rings. The highest BCUT2D eigenvalue weighted by Crippen LogP contribution is 2.26. The van der Waals surface area contributed by atoms with Gasteiger partial charge >= 0.3 is 0 Å². The van der Waals surface area contributed by atoms with Gasteiger partial charge in [0.2, 0.25) is 0 Å². The highest BCUT2D eigenvalue weighted by atomic mass is 32.1. The van der Waals surface area contributed by atoms with Crippen LogP contribution in [0.5, 0.6) is 0 Å². The molecule has 0 spiro atoms. The molecule has 23 heavy (non-hydrogen) atoms. The van der Waals surface area contributed by atoms with Crippen LogP contribution in [0.1, 0.15) is 21.5 Å². The Balaban J connectivity index is 1.82. The van der Waals surface area contributed by atoms with Crippen LogP contribution in [0.3, 0.4) is 0 Å². The normalized spacial score (nSPS) is 10.6. The minimum absolute atomic E-state index is 0.189. The van der Waals surface area contributed by atoms with Crippen LogP contribution in [0, 0.1) is 19.7 Å². The van der Waals surface area contributed by atoms with Crippen molar-refractivity contribution in [2.24, 2.45) is 0 Å². The number of nitrogens with zero attached hydrogens (tertiary/aromatic N) is 1.